The van der Waals surface area contributed by atoms with Crippen LogP contribution in [-0.2, 0) is 32.6 Å². The first-order valence-corrected chi connectivity index (χ1v) is 15.2. The summed E-state index contributed by atoms with van der Waals surface area (Å²) in [6, 6.07) is 19.7. The van der Waals surface area contributed by atoms with Crippen LogP contribution >= 0.6 is 23.2 Å². The molecule has 7 nitrogen and oxygen atoms in total. The van der Waals surface area contributed by atoms with E-state index in [1.54, 1.807) is 30.3 Å². The number of carbonyl (C=O) groups excluding carboxylic acids is 2. The minimum Gasteiger partial charge on any atom is -0.352 e. The molecule has 0 aliphatic carbocycles. The third kappa shape index (κ3) is 8.30. The molecule has 0 saturated heterocycles. The van der Waals surface area contributed by atoms with Crippen LogP contribution in [0.4, 0.5) is 0 Å². The number of sulfonamides is 1. The second-order valence-electron chi connectivity index (χ2n) is 9.85. The van der Waals surface area contributed by atoms with Gasteiger partial charge < -0.3 is 10.2 Å². The molecule has 214 valence electrons. The summed E-state index contributed by atoms with van der Waals surface area (Å²) in [6.07, 6.45) is 0.937. The van der Waals surface area contributed by atoms with Gasteiger partial charge in [0.1, 0.15) is 6.04 Å². The first-order valence-electron chi connectivity index (χ1n) is 13.0. The van der Waals surface area contributed by atoms with Gasteiger partial charge in [0.15, 0.2) is 0 Å². The number of hydrogen-bond donors (Lipinski definition) is 1. The van der Waals surface area contributed by atoms with Gasteiger partial charge >= 0.3 is 0 Å². The fourth-order valence-corrected chi connectivity index (χ4v) is 5.67. The summed E-state index contributed by atoms with van der Waals surface area (Å²) < 4.78 is 27.5. The van der Waals surface area contributed by atoms with Crippen LogP contribution in [0.3, 0.4) is 0 Å². The molecule has 0 fully saturated rings. The Morgan fingerprint density at radius 2 is 1.62 bits per heavy atom. The predicted molar refractivity (Wildman–Crippen MR) is 160 cm³/mol. The number of hydrogen-bond acceptors (Lipinski definition) is 4. The highest BCUT2D eigenvalue weighted by atomic mass is 35.5. The molecule has 3 rings (SSSR count). The summed E-state index contributed by atoms with van der Waals surface area (Å²) in [5, 5.41) is 3.77. The van der Waals surface area contributed by atoms with Crippen molar-refractivity contribution < 1.29 is 18.0 Å². The number of halogens is 2. The Bertz CT molecular complexity index is 1420. The highest BCUT2D eigenvalue weighted by Gasteiger charge is 2.33. The molecule has 0 aliphatic rings. The molecule has 0 aliphatic heterocycles. The van der Waals surface area contributed by atoms with E-state index in [0.717, 1.165) is 15.4 Å². The standard InChI is InChI=1S/C30H35Cl2N3O4S/c1-5-22(3)33-30(37)28(17-23-9-7-6-8-10-23)35(19-24-13-14-25(31)18-27(24)32)29(36)20-34(4)40(38,39)26-15-11-21(2)12-16-26/h6-16,18,22,28H,5,17,19-20H2,1-4H3,(H,33,37)/t22-,28-/m0/s1. The van der Waals surface area contributed by atoms with Crippen LogP contribution in [0.15, 0.2) is 77.7 Å². The van der Waals surface area contributed by atoms with Crippen molar-refractivity contribution in [2.24, 2.45) is 0 Å². The number of nitrogens with zero attached hydrogens (tertiary/aromatic N) is 2. The minimum absolute atomic E-state index is 0.0152. The van der Waals surface area contributed by atoms with Gasteiger partial charge in [0.25, 0.3) is 0 Å². The number of carbonyl (C=O) groups is 2. The third-order valence-corrected chi connectivity index (χ3v) is 9.12. The van der Waals surface area contributed by atoms with Crippen LogP contribution in [0.2, 0.25) is 10.0 Å². The summed E-state index contributed by atoms with van der Waals surface area (Å²) in [7, 11) is -2.60. The average molecular weight is 605 g/mol. The van der Waals surface area contributed by atoms with E-state index in [1.165, 1.54) is 24.1 Å². The number of amides is 2. The molecular formula is C30H35Cl2N3O4S. The molecule has 1 N–H and O–H groups in total. The number of rotatable bonds is 12. The monoisotopic (exact) mass is 603 g/mol. The Morgan fingerprint density at radius 1 is 0.975 bits per heavy atom. The SMILES string of the molecule is CC[C@H](C)NC(=O)[C@H](Cc1ccccc1)N(Cc1ccc(Cl)cc1Cl)C(=O)CN(C)S(=O)(=O)c1ccc(C)cc1. The quantitative estimate of drug-likeness (QED) is 0.297. The van der Waals surface area contributed by atoms with Gasteiger partial charge in [-0.3, -0.25) is 9.59 Å². The molecule has 2 amide bonds. The van der Waals surface area contributed by atoms with Gasteiger partial charge in [0.05, 0.1) is 11.4 Å². The van der Waals surface area contributed by atoms with Gasteiger partial charge in [-0.05, 0) is 55.7 Å². The summed E-state index contributed by atoms with van der Waals surface area (Å²) in [5.41, 5.74) is 2.35. The maximum Gasteiger partial charge on any atom is 0.243 e. The summed E-state index contributed by atoms with van der Waals surface area (Å²) in [5.74, 6) is -0.870. The van der Waals surface area contributed by atoms with Crippen LogP contribution in [0, 0.1) is 6.92 Å². The first kappa shape index (κ1) is 31.6. The van der Waals surface area contributed by atoms with Crippen molar-refractivity contribution in [3.8, 4) is 0 Å². The Balaban J connectivity index is 2.01. The van der Waals surface area contributed by atoms with Crippen molar-refractivity contribution in [1.82, 2.24) is 14.5 Å². The minimum atomic E-state index is -3.96. The van der Waals surface area contributed by atoms with Crippen molar-refractivity contribution in [2.45, 2.75) is 57.1 Å². The van der Waals surface area contributed by atoms with Gasteiger partial charge in [-0.15, -0.1) is 0 Å². The third-order valence-electron chi connectivity index (χ3n) is 6.72. The van der Waals surface area contributed by atoms with E-state index >= 15 is 0 Å². The topological polar surface area (TPSA) is 86.8 Å². The summed E-state index contributed by atoms with van der Waals surface area (Å²) in [6.45, 7) is 5.23. The van der Waals surface area contributed by atoms with Gasteiger partial charge in [0.2, 0.25) is 21.8 Å². The van der Waals surface area contributed by atoms with E-state index in [4.69, 9.17) is 23.2 Å². The molecule has 0 heterocycles. The predicted octanol–water partition coefficient (Wildman–Crippen LogP) is 5.48. The summed E-state index contributed by atoms with van der Waals surface area (Å²) >= 11 is 12.6. The number of nitrogens with one attached hydrogen (secondary N) is 1. The second-order valence-corrected chi connectivity index (χ2v) is 12.7. The maximum atomic E-state index is 13.9. The van der Waals surface area contributed by atoms with Crippen molar-refractivity contribution in [3.05, 3.63) is 99.5 Å². The molecule has 0 saturated carbocycles. The van der Waals surface area contributed by atoms with Crippen molar-refractivity contribution in [2.75, 3.05) is 13.6 Å². The second kappa shape index (κ2) is 14.1. The molecule has 0 bridgehead atoms. The average Bonchev–Trinajstić information content (AvgIpc) is 2.92. The van der Waals surface area contributed by atoms with Crippen molar-refractivity contribution in [3.63, 3.8) is 0 Å². The lowest BCUT2D eigenvalue weighted by atomic mass is 10.0. The Morgan fingerprint density at radius 3 is 2.23 bits per heavy atom. The molecule has 0 unspecified atom stereocenters. The Hall–Kier alpha value is -2.91. The normalized spacial score (nSPS) is 13.1. The van der Waals surface area contributed by atoms with E-state index in [2.05, 4.69) is 5.32 Å². The molecule has 2 atom stereocenters. The zero-order chi connectivity index (χ0) is 29.4. The fraction of sp³-hybridized carbons (Fsp3) is 0.333. The molecule has 0 aromatic heterocycles. The zero-order valence-electron chi connectivity index (χ0n) is 23.1. The van der Waals surface area contributed by atoms with Gasteiger partial charge in [-0.2, -0.15) is 4.31 Å². The van der Waals surface area contributed by atoms with E-state index in [9.17, 15) is 18.0 Å². The van der Waals surface area contributed by atoms with Gasteiger partial charge in [0, 0.05) is 36.1 Å². The van der Waals surface area contributed by atoms with Crippen LogP contribution in [0.1, 0.15) is 37.0 Å². The van der Waals surface area contributed by atoms with Crippen molar-refractivity contribution in [1.29, 1.82) is 0 Å². The van der Waals surface area contributed by atoms with E-state index in [0.29, 0.717) is 22.0 Å². The zero-order valence-corrected chi connectivity index (χ0v) is 25.4. The lowest BCUT2D eigenvalue weighted by Gasteiger charge is -2.33. The largest absolute Gasteiger partial charge is 0.352 e. The van der Waals surface area contributed by atoms with Crippen molar-refractivity contribution >= 4 is 45.0 Å². The van der Waals surface area contributed by atoms with Crippen LogP contribution < -0.4 is 5.32 Å². The maximum absolute atomic E-state index is 13.9. The summed E-state index contributed by atoms with van der Waals surface area (Å²) in [4.78, 5) is 29.1. The molecule has 0 radical (unpaired) electrons. The molecule has 3 aromatic rings. The lowest BCUT2D eigenvalue weighted by Crippen LogP contribution is -2.54. The Kier molecular flexibility index (Phi) is 11.2. The van der Waals surface area contributed by atoms with Crippen LogP contribution in [0.25, 0.3) is 0 Å². The van der Waals surface area contributed by atoms with Gasteiger partial charge in [-0.25, -0.2) is 8.42 Å². The Labute approximate surface area is 247 Å². The van der Waals surface area contributed by atoms with E-state index < -0.39 is 28.5 Å². The highest BCUT2D eigenvalue weighted by molar-refractivity contribution is 7.89. The van der Waals surface area contributed by atoms with E-state index in [1.807, 2.05) is 51.1 Å². The lowest BCUT2D eigenvalue weighted by molar-refractivity contribution is -0.141. The molecule has 3 aromatic carbocycles. The molecule has 10 heteroatoms. The first-order chi connectivity index (χ1) is 18.9. The number of likely N-dealkylation sites (N-methyl/N-ethyl adjacent to an activating group) is 1. The number of benzene rings is 3. The van der Waals surface area contributed by atoms with E-state index in [-0.39, 0.29) is 29.8 Å². The fourth-order valence-electron chi connectivity index (χ4n) is 4.08. The number of aryl methyl sites for hydroxylation is 1. The highest BCUT2D eigenvalue weighted by Crippen LogP contribution is 2.25. The molecule has 40 heavy (non-hydrogen) atoms. The van der Waals surface area contributed by atoms with Crippen LogP contribution in [-0.4, -0.2) is 55.1 Å². The van der Waals surface area contributed by atoms with Crippen LogP contribution in [0.5, 0.6) is 0 Å². The smallest absolute Gasteiger partial charge is 0.243 e. The molecular weight excluding hydrogens is 569 g/mol. The van der Waals surface area contributed by atoms with Gasteiger partial charge in [-0.1, -0.05) is 84.2 Å². The molecule has 0 spiro atoms.